The molecule has 122 valence electrons. The van der Waals surface area contributed by atoms with E-state index >= 15 is 0 Å². The van der Waals surface area contributed by atoms with Gasteiger partial charge in [-0.15, -0.1) is 0 Å². The normalized spacial score (nSPS) is 14.1. The molecule has 6 heteroatoms. The number of aliphatic carboxylic acids is 1. The SMILES string of the molecule is CCC(C(=O)O)(c1ccc(Cl)cc1)N(C)C(=O)OC(C)(C)C. The van der Waals surface area contributed by atoms with Gasteiger partial charge in [-0.2, -0.15) is 0 Å². The summed E-state index contributed by atoms with van der Waals surface area (Å²) in [5, 5.41) is 10.3. The van der Waals surface area contributed by atoms with Crippen LogP contribution in [0.25, 0.3) is 0 Å². The predicted molar refractivity (Wildman–Crippen MR) is 85.1 cm³/mol. The third-order valence-electron chi connectivity index (χ3n) is 3.43. The van der Waals surface area contributed by atoms with E-state index in [-0.39, 0.29) is 6.42 Å². The molecule has 1 rings (SSSR count). The molecule has 0 fully saturated rings. The Hall–Kier alpha value is -1.75. The third-order valence-corrected chi connectivity index (χ3v) is 3.68. The molecule has 0 spiro atoms. The van der Waals surface area contributed by atoms with E-state index in [9.17, 15) is 14.7 Å². The van der Waals surface area contributed by atoms with Crippen molar-refractivity contribution < 1.29 is 19.4 Å². The summed E-state index contributed by atoms with van der Waals surface area (Å²) in [6, 6.07) is 6.43. The van der Waals surface area contributed by atoms with Gasteiger partial charge in [-0.25, -0.2) is 9.59 Å². The molecular weight excluding hydrogens is 306 g/mol. The van der Waals surface area contributed by atoms with Gasteiger partial charge < -0.3 is 9.84 Å². The van der Waals surface area contributed by atoms with Gasteiger partial charge in [0.05, 0.1) is 0 Å². The standard InChI is InChI=1S/C16H22ClNO4/c1-6-16(13(19)20,11-7-9-12(17)10-8-11)18(5)14(21)22-15(2,3)4/h7-10H,6H2,1-5H3,(H,19,20). The van der Waals surface area contributed by atoms with Crippen molar-refractivity contribution in [3.63, 3.8) is 0 Å². The van der Waals surface area contributed by atoms with Crippen molar-refractivity contribution in [1.29, 1.82) is 0 Å². The van der Waals surface area contributed by atoms with E-state index in [1.165, 1.54) is 7.05 Å². The summed E-state index contributed by atoms with van der Waals surface area (Å²) in [6.07, 6.45) is -0.494. The first-order valence-electron chi connectivity index (χ1n) is 7.01. The fourth-order valence-electron chi connectivity index (χ4n) is 2.26. The fraction of sp³-hybridized carbons (Fsp3) is 0.500. The first-order chi connectivity index (χ1) is 10.0. The number of carbonyl (C=O) groups excluding carboxylic acids is 1. The lowest BCUT2D eigenvalue weighted by Gasteiger charge is -2.38. The van der Waals surface area contributed by atoms with E-state index in [4.69, 9.17) is 16.3 Å². The van der Waals surface area contributed by atoms with Gasteiger partial charge in [0.25, 0.3) is 0 Å². The van der Waals surface area contributed by atoms with Crippen LogP contribution in [0.4, 0.5) is 4.79 Å². The Morgan fingerprint density at radius 3 is 2.09 bits per heavy atom. The molecular formula is C16H22ClNO4. The average molecular weight is 328 g/mol. The molecule has 0 saturated heterocycles. The molecule has 0 heterocycles. The molecule has 1 amide bonds. The zero-order valence-corrected chi connectivity index (χ0v) is 14.3. The number of carboxylic acids is 1. The highest BCUT2D eigenvalue weighted by Gasteiger charge is 2.46. The number of hydrogen-bond donors (Lipinski definition) is 1. The smallest absolute Gasteiger partial charge is 0.411 e. The largest absolute Gasteiger partial charge is 0.479 e. The summed E-state index contributed by atoms with van der Waals surface area (Å²) in [5.41, 5.74) is -1.74. The summed E-state index contributed by atoms with van der Waals surface area (Å²) in [5.74, 6) is -1.12. The van der Waals surface area contributed by atoms with E-state index < -0.39 is 23.2 Å². The Morgan fingerprint density at radius 1 is 1.23 bits per heavy atom. The maximum absolute atomic E-state index is 12.3. The van der Waals surface area contributed by atoms with Gasteiger partial charge in [0.2, 0.25) is 0 Å². The van der Waals surface area contributed by atoms with Gasteiger partial charge in [-0.05, 0) is 44.9 Å². The van der Waals surface area contributed by atoms with Crippen LogP contribution in [0.15, 0.2) is 24.3 Å². The lowest BCUT2D eigenvalue weighted by atomic mass is 9.86. The Kier molecular flexibility index (Phi) is 5.46. The average Bonchev–Trinajstić information content (AvgIpc) is 2.39. The maximum Gasteiger partial charge on any atom is 0.411 e. The maximum atomic E-state index is 12.3. The number of halogens is 1. The first kappa shape index (κ1) is 18.3. The van der Waals surface area contributed by atoms with Crippen LogP contribution in [0.1, 0.15) is 39.7 Å². The Balaban J connectivity index is 3.30. The van der Waals surface area contributed by atoms with E-state index in [0.29, 0.717) is 10.6 Å². The second-order valence-corrected chi connectivity index (χ2v) is 6.50. The predicted octanol–water partition coefficient (Wildman–Crippen LogP) is 3.90. The molecule has 1 aromatic rings. The second-order valence-electron chi connectivity index (χ2n) is 6.07. The summed E-state index contributed by atoms with van der Waals surface area (Å²) >= 11 is 5.86. The molecule has 1 atom stereocenters. The molecule has 0 radical (unpaired) electrons. The number of carboxylic acid groups (broad SMARTS) is 1. The Labute approximate surface area is 135 Å². The van der Waals surface area contributed by atoms with Crippen molar-refractivity contribution in [3.8, 4) is 0 Å². The van der Waals surface area contributed by atoms with Crippen LogP contribution >= 0.6 is 11.6 Å². The number of likely N-dealkylation sites (N-methyl/N-ethyl adjacent to an activating group) is 1. The van der Waals surface area contributed by atoms with Gasteiger partial charge in [0, 0.05) is 12.1 Å². The number of amides is 1. The highest BCUT2D eigenvalue weighted by Crippen LogP contribution is 2.33. The minimum absolute atomic E-state index is 0.194. The lowest BCUT2D eigenvalue weighted by molar-refractivity contribution is -0.151. The molecule has 0 aliphatic carbocycles. The molecule has 0 bridgehead atoms. The zero-order chi connectivity index (χ0) is 17.1. The van der Waals surface area contributed by atoms with Crippen LogP contribution in [0.3, 0.4) is 0 Å². The van der Waals surface area contributed by atoms with Crippen LogP contribution in [-0.4, -0.2) is 34.7 Å². The van der Waals surface area contributed by atoms with Gasteiger partial charge in [0.1, 0.15) is 5.60 Å². The third kappa shape index (κ3) is 3.71. The zero-order valence-electron chi connectivity index (χ0n) is 13.5. The molecule has 0 aliphatic heterocycles. The van der Waals surface area contributed by atoms with Crippen LogP contribution in [-0.2, 0) is 15.1 Å². The monoisotopic (exact) mass is 327 g/mol. The van der Waals surface area contributed by atoms with Gasteiger partial charge in [-0.3, -0.25) is 4.90 Å². The lowest BCUT2D eigenvalue weighted by Crippen LogP contribution is -2.53. The number of benzene rings is 1. The number of carbonyl (C=O) groups is 2. The highest BCUT2D eigenvalue weighted by molar-refractivity contribution is 6.30. The number of rotatable bonds is 4. The number of ether oxygens (including phenoxy) is 1. The molecule has 1 aromatic carbocycles. The van der Waals surface area contributed by atoms with Crippen LogP contribution in [0.2, 0.25) is 5.02 Å². The summed E-state index contributed by atoms with van der Waals surface area (Å²) < 4.78 is 5.30. The van der Waals surface area contributed by atoms with Crippen LogP contribution in [0.5, 0.6) is 0 Å². The van der Waals surface area contributed by atoms with Gasteiger partial charge in [0.15, 0.2) is 5.54 Å². The fourth-order valence-corrected chi connectivity index (χ4v) is 2.39. The van der Waals surface area contributed by atoms with Crippen molar-refractivity contribution in [2.24, 2.45) is 0 Å². The molecule has 0 aliphatic rings. The Bertz CT molecular complexity index is 550. The topological polar surface area (TPSA) is 66.8 Å². The molecule has 1 unspecified atom stereocenters. The van der Waals surface area contributed by atoms with Gasteiger partial charge in [-0.1, -0.05) is 30.7 Å². The van der Waals surface area contributed by atoms with Crippen LogP contribution < -0.4 is 0 Å². The molecule has 1 N–H and O–H groups in total. The quantitative estimate of drug-likeness (QED) is 0.910. The van der Waals surface area contributed by atoms with E-state index in [1.54, 1.807) is 52.0 Å². The second kappa shape index (κ2) is 6.57. The van der Waals surface area contributed by atoms with Crippen LogP contribution in [0, 0.1) is 0 Å². The number of hydrogen-bond acceptors (Lipinski definition) is 3. The minimum Gasteiger partial charge on any atom is -0.479 e. The number of nitrogens with zero attached hydrogens (tertiary/aromatic N) is 1. The van der Waals surface area contributed by atoms with Crippen molar-refractivity contribution in [2.75, 3.05) is 7.05 Å². The first-order valence-corrected chi connectivity index (χ1v) is 7.38. The van der Waals surface area contributed by atoms with E-state index in [1.807, 2.05) is 0 Å². The van der Waals surface area contributed by atoms with Crippen molar-refractivity contribution in [1.82, 2.24) is 4.90 Å². The van der Waals surface area contributed by atoms with Crippen molar-refractivity contribution in [3.05, 3.63) is 34.9 Å². The highest BCUT2D eigenvalue weighted by atomic mass is 35.5. The summed E-state index contributed by atoms with van der Waals surface area (Å²) in [6.45, 7) is 6.91. The summed E-state index contributed by atoms with van der Waals surface area (Å²) in [7, 11) is 1.43. The summed E-state index contributed by atoms with van der Waals surface area (Å²) in [4.78, 5) is 25.4. The van der Waals surface area contributed by atoms with E-state index in [2.05, 4.69) is 0 Å². The molecule has 0 aromatic heterocycles. The molecule has 22 heavy (non-hydrogen) atoms. The van der Waals surface area contributed by atoms with Crippen molar-refractivity contribution >= 4 is 23.7 Å². The minimum atomic E-state index is -1.51. The van der Waals surface area contributed by atoms with Crippen molar-refractivity contribution in [2.45, 2.75) is 45.3 Å². The molecule has 5 nitrogen and oxygen atoms in total. The van der Waals surface area contributed by atoms with Gasteiger partial charge >= 0.3 is 12.1 Å². The Morgan fingerprint density at radius 2 is 1.73 bits per heavy atom. The molecule has 0 saturated carbocycles. The van der Waals surface area contributed by atoms with E-state index in [0.717, 1.165) is 4.90 Å².